The number of carbonyl (C=O) groups is 1. The third kappa shape index (κ3) is 4.82. The largest absolute Gasteiger partial charge is 0.497 e. The Morgan fingerprint density at radius 1 is 1.35 bits per heavy atom. The molecule has 1 aromatic rings. The van der Waals surface area contributed by atoms with Crippen molar-refractivity contribution in [1.29, 1.82) is 0 Å². The van der Waals surface area contributed by atoms with Crippen LogP contribution in [0.15, 0.2) is 24.3 Å². The lowest BCUT2D eigenvalue weighted by Crippen LogP contribution is -2.38. The minimum Gasteiger partial charge on any atom is -0.497 e. The normalized spacial score (nSPS) is 13.1. The van der Waals surface area contributed by atoms with Gasteiger partial charge in [-0.1, -0.05) is 12.1 Å². The van der Waals surface area contributed by atoms with E-state index < -0.39 is 10.0 Å². The highest BCUT2D eigenvalue weighted by Gasteiger charge is 2.16. The van der Waals surface area contributed by atoms with Gasteiger partial charge in [-0.05, 0) is 24.6 Å². The van der Waals surface area contributed by atoms with Gasteiger partial charge in [-0.15, -0.1) is 0 Å². The Balaban J connectivity index is 2.61. The van der Waals surface area contributed by atoms with Crippen LogP contribution in [-0.4, -0.2) is 45.6 Å². The van der Waals surface area contributed by atoms with Gasteiger partial charge in [0.1, 0.15) is 5.75 Å². The third-order valence-corrected chi connectivity index (χ3v) is 4.19. The summed E-state index contributed by atoms with van der Waals surface area (Å²) in [6.07, 6.45) is 1.06. The molecule has 1 N–H and O–H groups in total. The van der Waals surface area contributed by atoms with Crippen molar-refractivity contribution < 1.29 is 17.9 Å². The van der Waals surface area contributed by atoms with Gasteiger partial charge in [0.05, 0.1) is 26.0 Å². The summed E-state index contributed by atoms with van der Waals surface area (Å²) in [6.45, 7) is 1.64. The van der Waals surface area contributed by atoms with E-state index in [1.165, 1.54) is 7.05 Å². The second-order valence-electron chi connectivity index (χ2n) is 4.58. The zero-order chi connectivity index (χ0) is 15.3. The number of rotatable bonds is 6. The number of methoxy groups -OCH3 is 1. The minimum absolute atomic E-state index is 0.195. The van der Waals surface area contributed by atoms with Crippen molar-refractivity contribution in [2.75, 3.05) is 27.0 Å². The van der Waals surface area contributed by atoms with Gasteiger partial charge >= 0.3 is 0 Å². The van der Waals surface area contributed by atoms with Crippen molar-refractivity contribution in [1.82, 2.24) is 9.62 Å². The van der Waals surface area contributed by atoms with Crippen LogP contribution in [0.3, 0.4) is 0 Å². The zero-order valence-corrected chi connectivity index (χ0v) is 12.9. The first-order valence-electron chi connectivity index (χ1n) is 6.08. The fourth-order valence-corrected chi connectivity index (χ4v) is 1.93. The molecule has 20 heavy (non-hydrogen) atoms. The van der Waals surface area contributed by atoms with Crippen LogP contribution in [0.1, 0.15) is 18.5 Å². The molecule has 0 aliphatic carbocycles. The lowest BCUT2D eigenvalue weighted by molar-refractivity contribution is -0.121. The van der Waals surface area contributed by atoms with Gasteiger partial charge < -0.3 is 10.1 Å². The molecule has 0 unspecified atom stereocenters. The van der Waals surface area contributed by atoms with Crippen molar-refractivity contribution in [3.63, 3.8) is 0 Å². The van der Waals surface area contributed by atoms with E-state index in [4.69, 9.17) is 4.74 Å². The van der Waals surface area contributed by atoms with E-state index in [0.717, 1.165) is 21.9 Å². The summed E-state index contributed by atoms with van der Waals surface area (Å²) in [4.78, 5) is 11.8. The molecule has 7 heteroatoms. The summed E-state index contributed by atoms with van der Waals surface area (Å²) in [5, 5.41) is 2.75. The smallest absolute Gasteiger partial charge is 0.235 e. The van der Waals surface area contributed by atoms with Gasteiger partial charge in [0.15, 0.2) is 0 Å². The molecule has 1 atom stereocenters. The number of likely N-dealkylation sites (N-methyl/N-ethyl adjacent to an activating group) is 1. The monoisotopic (exact) mass is 300 g/mol. The van der Waals surface area contributed by atoms with Gasteiger partial charge in [-0.2, -0.15) is 4.31 Å². The molecule has 0 saturated heterocycles. The van der Waals surface area contributed by atoms with Crippen molar-refractivity contribution in [2.24, 2.45) is 0 Å². The van der Waals surface area contributed by atoms with Crippen LogP contribution in [-0.2, 0) is 14.8 Å². The van der Waals surface area contributed by atoms with E-state index >= 15 is 0 Å². The Labute approximate surface area is 119 Å². The first kappa shape index (κ1) is 16.5. The molecule has 0 aliphatic rings. The quantitative estimate of drug-likeness (QED) is 0.842. The van der Waals surface area contributed by atoms with E-state index in [2.05, 4.69) is 5.32 Å². The highest BCUT2D eigenvalue weighted by atomic mass is 32.2. The first-order chi connectivity index (χ1) is 9.24. The third-order valence-electron chi connectivity index (χ3n) is 2.93. The second-order valence-corrected chi connectivity index (χ2v) is 6.67. The molecule has 6 nitrogen and oxygen atoms in total. The Morgan fingerprint density at radius 3 is 2.35 bits per heavy atom. The molecule has 0 spiro atoms. The van der Waals surface area contributed by atoms with Gasteiger partial charge in [0.25, 0.3) is 0 Å². The van der Waals surface area contributed by atoms with E-state index in [1.54, 1.807) is 19.2 Å². The fourth-order valence-electron chi connectivity index (χ4n) is 1.58. The highest BCUT2D eigenvalue weighted by molar-refractivity contribution is 7.88. The van der Waals surface area contributed by atoms with Crippen LogP contribution in [0.4, 0.5) is 0 Å². The molecule has 0 aromatic heterocycles. The van der Waals surface area contributed by atoms with Crippen LogP contribution in [0.5, 0.6) is 5.75 Å². The SMILES string of the molecule is COc1ccc([C@H](C)NC(=O)CN(C)S(C)(=O)=O)cc1. The molecular weight excluding hydrogens is 280 g/mol. The van der Waals surface area contributed by atoms with Crippen LogP contribution in [0, 0.1) is 0 Å². The average Bonchev–Trinajstić information content (AvgIpc) is 2.37. The summed E-state index contributed by atoms with van der Waals surface area (Å²) >= 11 is 0. The number of hydrogen-bond donors (Lipinski definition) is 1. The fraction of sp³-hybridized carbons (Fsp3) is 0.462. The first-order valence-corrected chi connectivity index (χ1v) is 7.93. The van der Waals surface area contributed by atoms with Crippen LogP contribution >= 0.6 is 0 Å². The predicted molar refractivity (Wildman–Crippen MR) is 77.0 cm³/mol. The molecule has 1 amide bonds. The van der Waals surface area contributed by atoms with Gasteiger partial charge in [0, 0.05) is 7.05 Å². The van der Waals surface area contributed by atoms with Crippen LogP contribution < -0.4 is 10.1 Å². The lowest BCUT2D eigenvalue weighted by Gasteiger charge is -2.18. The molecule has 1 aromatic carbocycles. The van der Waals surface area contributed by atoms with Gasteiger partial charge in [-0.3, -0.25) is 4.79 Å². The standard InChI is InChI=1S/C13H20N2O4S/c1-10(11-5-7-12(19-3)8-6-11)14-13(16)9-15(2)20(4,17)18/h5-8,10H,9H2,1-4H3,(H,14,16)/t10-/m0/s1. The molecule has 0 bridgehead atoms. The van der Waals surface area contributed by atoms with E-state index in [0.29, 0.717) is 0 Å². The number of nitrogens with zero attached hydrogens (tertiary/aromatic N) is 1. The Morgan fingerprint density at radius 2 is 1.90 bits per heavy atom. The van der Waals surface area contributed by atoms with Gasteiger partial charge in [0.2, 0.25) is 15.9 Å². The summed E-state index contributed by atoms with van der Waals surface area (Å²) in [5.41, 5.74) is 0.918. The Kier molecular flexibility index (Phi) is 5.52. The van der Waals surface area contributed by atoms with Crippen molar-refractivity contribution in [2.45, 2.75) is 13.0 Å². The molecule has 0 fully saturated rings. The maximum absolute atomic E-state index is 11.8. The minimum atomic E-state index is -3.35. The molecule has 0 saturated carbocycles. The maximum Gasteiger partial charge on any atom is 0.235 e. The molecule has 0 aliphatic heterocycles. The van der Waals surface area contributed by atoms with E-state index in [1.807, 2.05) is 19.1 Å². The number of nitrogens with one attached hydrogen (secondary N) is 1. The van der Waals surface area contributed by atoms with Crippen LogP contribution in [0.2, 0.25) is 0 Å². The topological polar surface area (TPSA) is 75.7 Å². The second kappa shape index (κ2) is 6.71. The highest BCUT2D eigenvalue weighted by Crippen LogP contribution is 2.17. The van der Waals surface area contributed by atoms with Crippen LogP contribution in [0.25, 0.3) is 0 Å². The Hall–Kier alpha value is -1.60. The molecule has 0 radical (unpaired) electrons. The lowest BCUT2D eigenvalue weighted by atomic mass is 10.1. The number of sulfonamides is 1. The predicted octanol–water partition coefficient (Wildman–Crippen LogP) is 0.764. The van der Waals surface area contributed by atoms with E-state index in [-0.39, 0.29) is 18.5 Å². The van der Waals surface area contributed by atoms with Crippen molar-refractivity contribution in [3.05, 3.63) is 29.8 Å². The number of hydrogen-bond acceptors (Lipinski definition) is 4. The van der Waals surface area contributed by atoms with Crippen molar-refractivity contribution >= 4 is 15.9 Å². The number of amides is 1. The number of carbonyl (C=O) groups excluding carboxylic acids is 1. The molecule has 112 valence electrons. The van der Waals surface area contributed by atoms with E-state index in [9.17, 15) is 13.2 Å². The zero-order valence-electron chi connectivity index (χ0n) is 12.1. The van der Waals surface area contributed by atoms with Gasteiger partial charge in [-0.25, -0.2) is 8.42 Å². The number of ether oxygens (including phenoxy) is 1. The summed E-state index contributed by atoms with van der Waals surface area (Å²) < 4.78 is 28.5. The number of benzene rings is 1. The summed E-state index contributed by atoms with van der Waals surface area (Å²) in [6, 6.07) is 7.11. The molecule has 1 rings (SSSR count). The summed E-state index contributed by atoms with van der Waals surface area (Å²) in [7, 11) is -0.399. The molecular formula is C13H20N2O4S. The Bertz CT molecular complexity index is 554. The average molecular weight is 300 g/mol. The molecule has 0 heterocycles. The summed E-state index contributed by atoms with van der Waals surface area (Å²) in [5.74, 6) is 0.394. The maximum atomic E-state index is 11.8. The van der Waals surface area contributed by atoms with Crippen molar-refractivity contribution in [3.8, 4) is 5.75 Å².